The van der Waals surface area contributed by atoms with Crippen molar-refractivity contribution in [3.05, 3.63) is 44.9 Å². The van der Waals surface area contributed by atoms with Crippen molar-refractivity contribution in [2.45, 2.75) is 19.9 Å². The third-order valence-electron chi connectivity index (χ3n) is 4.48. The van der Waals surface area contributed by atoms with Crippen LogP contribution in [0.25, 0.3) is 0 Å². The van der Waals surface area contributed by atoms with Gasteiger partial charge in [0, 0.05) is 62.2 Å². The van der Waals surface area contributed by atoms with Crippen LogP contribution in [0.3, 0.4) is 0 Å². The van der Waals surface area contributed by atoms with Crippen molar-refractivity contribution in [1.82, 2.24) is 24.6 Å². The lowest BCUT2D eigenvalue weighted by Crippen LogP contribution is -2.35. The molecule has 134 valence electrons. The number of amides is 1. The van der Waals surface area contributed by atoms with Gasteiger partial charge >= 0.3 is 0 Å². The average molecular weight is 427 g/mol. The highest BCUT2D eigenvalue weighted by Gasteiger charge is 2.22. The smallest absolute Gasteiger partial charge is 0.255 e. The predicted molar refractivity (Wildman–Crippen MR) is 101 cm³/mol. The van der Waals surface area contributed by atoms with Gasteiger partial charge in [-0.25, -0.2) is 0 Å². The fourth-order valence-corrected chi connectivity index (χ4v) is 3.72. The molecule has 1 aliphatic rings. The Bertz CT molecular complexity index is 778. The van der Waals surface area contributed by atoms with E-state index in [0.29, 0.717) is 17.3 Å². The van der Waals surface area contributed by atoms with Gasteiger partial charge in [0.05, 0.1) is 11.3 Å². The molecular formula is C17H21BrClN5O. The van der Waals surface area contributed by atoms with Crippen molar-refractivity contribution < 1.29 is 4.79 Å². The Morgan fingerprint density at radius 2 is 2.08 bits per heavy atom. The monoisotopic (exact) mass is 425 g/mol. The summed E-state index contributed by atoms with van der Waals surface area (Å²) in [4.78, 5) is 21.0. The van der Waals surface area contributed by atoms with E-state index >= 15 is 0 Å². The molecule has 3 heterocycles. The lowest BCUT2D eigenvalue weighted by molar-refractivity contribution is 0.0760. The molecule has 0 aromatic carbocycles. The molecule has 1 fully saturated rings. The number of pyridine rings is 1. The Balaban J connectivity index is 1.65. The number of rotatable bonds is 3. The molecule has 0 bridgehead atoms. The Labute approximate surface area is 160 Å². The van der Waals surface area contributed by atoms with E-state index in [1.54, 1.807) is 17.1 Å². The van der Waals surface area contributed by atoms with Gasteiger partial charge < -0.3 is 4.90 Å². The molecule has 8 heteroatoms. The van der Waals surface area contributed by atoms with Crippen LogP contribution in [-0.4, -0.2) is 56.7 Å². The molecule has 1 saturated heterocycles. The zero-order chi connectivity index (χ0) is 18.0. The van der Waals surface area contributed by atoms with Gasteiger partial charge in [0.2, 0.25) is 0 Å². The average Bonchev–Trinajstić information content (AvgIpc) is 2.77. The Morgan fingerprint density at radius 3 is 2.76 bits per heavy atom. The first-order chi connectivity index (χ1) is 12.0. The second-order valence-corrected chi connectivity index (χ2v) is 7.57. The first-order valence-electron chi connectivity index (χ1n) is 8.26. The van der Waals surface area contributed by atoms with Crippen molar-refractivity contribution in [3.63, 3.8) is 0 Å². The Hall–Kier alpha value is -1.44. The van der Waals surface area contributed by atoms with E-state index < -0.39 is 0 Å². The largest absolute Gasteiger partial charge is 0.337 e. The number of aryl methyl sites for hydroxylation is 2. The molecule has 0 saturated carbocycles. The highest BCUT2D eigenvalue weighted by Crippen LogP contribution is 2.21. The zero-order valence-corrected chi connectivity index (χ0v) is 16.7. The molecule has 3 rings (SSSR count). The summed E-state index contributed by atoms with van der Waals surface area (Å²) >= 11 is 9.72. The molecule has 2 aromatic heterocycles. The Morgan fingerprint density at radius 1 is 1.28 bits per heavy atom. The van der Waals surface area contributed by atoms with Gasteiger partial charge in [-0.3, -0.25) is 19.4 Å². The third-order valence-corrected chi connectivity index (χ3v) is 5.39. The van der Waals surface area contributed by atoms with E-state index in [2.05, 4.69) is 30.9 Å². The van der Waals surface area contributed by atoms with Crippen LogP contribution in [0.15, 0.2) is 22.9 Å². The highest BCUT2D eigenvalue weighted by molar-refractivity contribution is 9.10. The summed E-state index contributed by atoms with van der Waals surface area (Å²) in [6.45, 7) is 5.95. The van der Waals surface area contributed by atoms with Crippen molar-refractivity contribution in [1.29, 1.82) is 0 Å². The molecule has 0 spiro atoms. The maximum atomic E-state index is 12.7. The standard InChI is InChI=1S/C17H21BrClN5O/c1-12-15(16(19)22(2)21-12)11-23-4-3-5-24(7-6-23)17(25)13-8-14(18)10-20-9-13/h8-10H,3-7,11H2,1-2H3. The number of hydrogen-bond acceptors (Lipinski definition) is 4. The number of aromatic nitrogens is 3. The number of carbonyl (C=O) groups excluding carboxylic acids is 1. The maximum absolute atomic E-state index is 12.7. The summed E-state index contributed by atoms with van der Waals surface area (Å²) < 4.78 is 2.52. The van der Waals surface area contributed by atoms with Crippen molar-refractivity contribution >= 4 is 33.4 Å². The van der Waals surface area contributed by atoms with Crippen LogP contribution in [-0.2, 0) is 13.6 Å². The summed E-state index contributed by atoms with van der Waals surface area (Å²) in [5, 5.41) is 5.06. The maximum Gasteiger partial charge on any atom is 0.255 e. The molecule has 0 radical (unpaired) electrons. The fraction of sp³-hybridized carbons (Fsp3) is 0.471. The first kappa shape index (κ1) is 18.4. The summed E-state index contributed by atoms with van der Waals surface area (Å²) in [5.41, 5.74) is 2.65. The molecule has 6 nitrogen and oxygen atoms in total. The summed E-state index contributed by atoms with van der Waals surface area (Å²) in [6, 6.07) is 1.82. The number of hydrogen-bond donors (Lipinski definition) is 0. The third kappa shape index (κ3) is 4.22. The molecule has 1 amide bonds. The lowest BCUT2D eigenvalue weighted by atomic mass is 10.2. The van der Waals surface area contributed by atoms with E-state index in [4.69, 9.17) is 11.6 Å². The minimum absolute atomic E-state index is 0.0336. The number of nitrogens with zero attached hydrogens (tertiary/aromatic N) is 5. The topological polar surface area (TPSA) is 54.3 Å². The molecule has 2 aromatic rings. The minimum atomic E-state index is 0.0336. The molecule has 1 aliphatic heterocycles. The van der Waals surface area contributed by atoms with Gasteiger partial charge in [0.15, 0.2) is 0 Å². The van der Waals surface area contributed by atoms with Gasteiger partial charge in [-0.1, -0.05) is 11.6 Å². The van der Waals surface area contributed by atoms with Crippen LogP contribution in [0.4, 0.5) is 0 Å². The molecular weight excluding hydrogens is 406 g/mol. The van der Waals surface area contributed by atoms with Crippen LogP contribution in [0.1, 0.15) is 28.0 Å². The molecule has 0 aliphatic carbocycles. The molecule has 0 unspecified atom stereocenters. The van der Waals surface area contributed by atoms with E-state index in [1.807, 2.05) is 24.9 Å². The second-order valence-electron chi connectivity index (χ2n) is 6.29. The van der Waals surface area contributed by atoms with E-state index in [1.165, 1.54) is 0 Å². The van der Waals surface area contributed by atoms with Gasteiger partial charge in [-0.15, -0.1) is 0 Å². The van der Waals surface area contributed by atoms with E-state index in [9.17, 15) is 4.79 Å². The van der Waals surface area contributed by atoms with Gasteiger partial charge in [0.1, 0.15) is 5.15 Å². The van der Waals surface area contributed by atoms with Crippen LogP contribution >= 0.6 is 27.5 Å². The fourth-order valence-electron chi connectivity index (χ4n) is 3.12. The normalized spacial score (nSPS) is 16.1. The summed E-state index contributed by atoms with van der Waals surface area (Å²) in [5.74, 6) is 0.0336. The van der Waals surface area contributed by atoms with Crippen LogP contribution in [0, 0.1) is 6.92 Å². The van der Waals surface area contributed by atoms with Crippen LogP contribution in [0.5, 0.6) is 0 Å². The lowest BCUT2D eigenvalue weighted by Gasteiger charge is -2.22. The van der Waals surface area contributed by atoms with Crippen molar-refractivity contribution in [2.75, 3.05) is 26.2 Å². The first-order valence-corrected chi connectivity index (χ1v) is 9.43. The Kier molecular flexibility index (Phi) is 5.76. The van der Waals surface area contributed by atoms with E-state index in [0.717, 1.165) is 48.3 Å². The predicted octanol–water partition coefficient (Wildman–Crippen LogP) is 2.89. The molecule has 25 heavy (non-hydrogen) atoms. The molecule has 0 atom stereocenters. The minimum Gasteiger partial charge on any atom is -0.337 e. The van der Waals surface area contributed by atoms with Crippen molar-refractivity contribution in [2.24, 2.45) is 7.05 Å². The molecule has 0 N–H and O–H groups in total. The SMILES string of the molecule is Cc1nn(C)c(Cl)c1CN1CCCN(C(=O)c2cncc(Br)c2)CC1. The van der Waals surface area contributed by atoms with Crippen LogP contribution < -0.4 is 0 Å². The highest BCUT2D eigenvalue weighted by atomic mass is 79.9. The van der Waals surface area contributed by atoms with E-state index in [-0.39, 0.29) is 5.91 Å². The number of carbonyl (C=O) groups is 1. The second kappa shape index (κ2) is 7.85. The zero-order valence-electron chi connectivity index (χ0n) is 14.4. The number of halogens is 2. The van der Waals surface area contributed by atoms with Crippen molar-refractivity contribution in [3.8, 4) is 0 Å². The van der Waals surface area contributed by atoms with Crippen LogP contribution in [0.2, 0.25) is 5.15 Å². The van der Waals surface area contributed by atoms with Gasteiger partial charge in [-0.2, -0.15) is 5.10 Å². The van der Waals surface area contributed by atoms with Gasteiger partial charge in [-0.05, 0) is 35.3 Å². The quantitative estimate of drug-likeness (QED) is 0.757. The summed E-state index contributed by atoms with van der Waals surface area (Å²) in [6.07, 6.45) is 4.24. The summed E-state index contributed by atoms with van der Waals surface area (Å²) in [7, 11) is 1.85. The van der Waals surface area contributed by atoms with Gasteiger partial charge in [0.25, 0.3) is 5.91 Å².